The van der Waals surface area contributed by atoms with Crippen LogP contribution in [0.25, 0.3) is 0 Å². The summed E-state index contributed by atoms with van der Waals surface area (Å²) in [5.41, 5.74) is 0.706. The standard InChI is InChI=1S/C11H15NO4S2/c13-5-7-17-11(18-8-6-14)9-3-1-2-4-10(9)12(15)16/h1-4,11,13-14H,5-8H2. The van der Waals surface area contributed by atoms with Crippen molar-refractivity contribution in [3.05, 3.63) is 39.9 Å². The lowest BCUT2D eigenvalue weighted by molar-refractivity contribution is -0.385. The molecule has 0 radical (unpaired) electrons. The third-order valence-corrected chi connectivity index (χ3v) is 4.87. The molecule has 0 bridgehead atoms. The van der Waals surface area contributed by atoms with Crippen LogP contribution in [-0.2, 0) is 0 Å². The fraction of sp³-hybridized carbons (Fsp3) is 0.455. The molecule has 0 atom stereocenters. The summed E-state index contributed by atoms with van der Waals surface area (Å²) in [5.74, 6) is 1.02. The first-order valence-corrected chi connectivity index (χ1v) is 7.48. The van der Waals surface area contributed by atoms with Gasteiger partial charge in [0.1, 0.15) is 0 Å². The fourth-order valence-electron chi connectivity index (χ4n) is 1.40. The lowest BCUT2D eigenvalue weighted by Crippen LogP contribution is -2.01. The van der Waals surface area contributed by atoms with Gasteiger partial charge in [-0.1, -0.05) is 18.2 Å². The third-order valence-electron chi connectivity index (χ3n) is 2.11. The van der Waals surface area contributed by atoms with Crippen molar-refractivity contribution < 1.29 is 15.1 Å². The zero-order valence-corrected chi connectivity index (χ0v) is 11.3. The maximum atomic E-state index is 11.0. The Kier molecular flexibility index (Phi) is 7.11. The molecule has 0 aromatic heterocycles. The monoisotopic (exact) mass is 289 g/mol. The van der Waals surface area contributed by atoms with E-state index >= 15 is 0 Å². The molecule has 5 nitrogen and oxygen atoms in total. The van der Waals surface area contributed by atoms with Crippen molar-refractivity contribution in [2.45, 2.75) is 4.58 Å². The molecule has 0 saturated heterocycles. The molecule has 0 fully saturated rings. The number of nitrogens with zero attached hydrogens (tertiary/aromatic N) is 1. The first kappa shape index (κ1) is 15.3. The van der Waals surface area contributed by atoms with Crippen molar-refractivity contribution in [3.8, 4) is 0 Å². The van der Waals surface area contributed by atoms with E-state index in [0.717, 1.165) is 0 Å². The van der Waals surface area contributed by atoms with Gasteiger partial charge in [0.05, 0.1) is 28.3 Å². The highest BCUT2D eigenvalue weighted by Crippen LogP contribution is 2.42. The number of hydrogen-bond donors (Lipinski definition) is 2. The summed E-state index contributed by atoms with van der Waals surface area (Å²) in [5, 5.41) is 28.7. The Bertz CT molecular complexity index is 381. The van der Waals surface area contributed by atoms with Gasteiger partial charge in [-0.3, -0.25) is 10.1 Å². The van der Waals surface area contributed by atoms with Crippen LogP contribution in [0, 0.1) is 10.1 Å². The molecule has 0 aliphatic rings. The maximum absolute atomic E-state index is 11.0. The molecule has 0 amide bonds. The minimum atomic E-state index is -0.401. The van der Waals surface area contributed by atoms with Crippen LogP contribution in [0.5, 0.6) is 0 Å². The van der Waals surface area contributed by atoms with Crippen molar-refractivity contribution in [3.63, 3.8) is 0 Å². The fourth-order valence-corrected chi connectivity index (χ4v) is 3.76. The second-order valence-corrected chi connectivity index (χ2v) is 6.06. The Labute approximate surface area is 114 Å². The van der Waals surface area contributed by atoms with E-state index in [1.54, 1.807) is 18.2 Å². The molecule has 0 saturated carbocycles. The molecule has 0 heterocycles. The highest BCUT2D eigenvalue weighted by molar-refractivity contribution is 8.16. The molecule has 0 aliphatic carbocycles. The number of rotatable bonds is 8. The molecule has 1 aromatic rings. The summed E-state index contributed by atoms with van der Waals surface area (Å²) in [6.07, 6.45) is 0. The molecule has 1 rings (SSSR count). The Morgan fingerprint density at radius 2 is 1.72 bits per heavy atom. The predicted molar refractivity (Wildman–Crippen MR) is 74.9 cm³/mol. The Morgan fingerprint density at radius 3 is 2.22 bits per heavy atom. The zero-order valence-electron chi connectivity index (χ0n) is 9.69. The van der Waals surface area contributed by atoms with Crippen LogP contribution in [0.1, 0.15) is 10.1 Å². The van der Waals surface area contributed by atoms with Gasteiger partial charge in [-0.2, -0.15) is 0 Å². The number of nitro groups is 1. The first-order chi connectivity index (χ1) is 8.70. The summed E-state index contributed by atoms with van der Waals surface area (Å²) < 4.78 is -0.147. The summed E-state index contributed by atoms with van der Waals surface area (Å²) in [6.45, 7) is 0.0585. The molecule has 0 unspecified atom stereocenters. The number of thioether (sulfide) groups is 2. The van der Waals surface area contributed by atoms with Crippen molar-refractivity contribution in [2.75, 3.05) is 24.7 Å². The average Bonchev–Trinajstić information content (AvgIpc) is 2.39. The molecule has 2 N–H and O–H groups in total. The van der Waals surface area contributed by atoms with Gasteiger partial charge in [0.15, 0.2) is 0 Å². The largest absolute Gasteiger partial charge is 0.396 e. The van der Waals surface area contributed by atoms with E-state index in [2.05, 4.69) is 0 Å². The van der Waals surface area contributed by atoms with Gasteiger partial charge < -0.3 is 10.2 Å². The molecular weight excluding hydrogens is 274 g/mol. The van der Waals surface area contributed by atoms with E-state index in [0.29, 0.717) is 17.1 Å². The number of hydrogen-bond acceptors (Lipinski definition) is 6. The van der Waals surface area contributed by atoms with E-state index in [-0.39, 0.29) is 23.5 Å². The van der Waals surface area contributed by atoms with E-state index in [1.165, 1.54) is 29.6 Å². The van der Waals surface area contributed by atoms with Crippen molar-refractivity contribution in [1.82, 2.24) is 0 Å². The first-order valence-electron chi connectivity index (χ1n) is 5.39. The van der Waals surface area contributed by atoms with Crippen molar-refractivity contribution in [2.24, 2.45) is 0 Å². The molecular formula is C11H15NO4S2. The smallest absolute Gasteiger partial charge is 0.274 e. The van der Waals surface area contributed by atoms with Gasteiger partial charge in [-0.15, -0.1) is 23.5 Å². The molecule has 7 heteroatoms. The van der Waals surface area contributed by atoms with Crippen molar-refractivity contribution >= 4 is 29.2 Å². The number of para-hydroxylation sites is 1. The van der Waals surface area contributed by atoms with Gasteiger partial charge in [0, 0.05) is 17.6 Å². The Balaban J connectivity index is 2.92. The minimum absolute atomic E-state index is 0.0292. The van der Waals surface area contributed by atoms with Crippen LogP contribution in [0.2, 0.25) is 0 Å². The average molecular weight is 289 g/mol. The number of aliphatic hydroxyl groups is 2. The van der Waals surface area contributed by atoms with E-state index in [9.17, 15) is 10.1 Å². The van der Waals surface area contributed by atoms with Crippen LogP contribution < -0.4 is 0 Å². The Hall–Kier alpha value is -0.760. The third kappa shape index (κ3) is 4.49. The van der Waals surface area contributed by atoms with Crippen LogP contribution in [-0.4, -0.2) is 39.9 Å². The number of nitro benzene ring substituents is 1. The summed E-state index contributed by atoms with van der Waals surface area (Å²) >= 11 is 2.89. The van der Waals surface area contributed by atoms with Gasteiger partial charge >= 0.3 is 0 Å². The van der Waals surface area contributed by atoms with Crippen LogP contribution >= 0.6 is 23.5 Å². The number of aliphatic hydroxyl groups excluding tert-OH is 2. The zero-order chi connectivity index (χ0) is 13.4. The highest BCUT2D eigenvalue weighted by Gasteiger charge is 2.21. The minimum Gasteiger partial charge on any atom is -0.396 e. The topological polar surface area (TPSA) is 83.6 Å². The van der Waals surface area contributed by atoms with Crippen molar-refractivity contribution in [1.29, 1.82) is 0 Å². The lowest BCUT2D eigenvalue weighted by Gasteiger charge is -2.15. The van der Waals surface area contributed by atoms with Gasteiger partial charge in [-0.05, 0) is 0 Å². The molecule has 1 aromatic carbocycles. The van der Waals surface area contributed by atoms with Gasteiger partial charge in [-0.25, -0.2) is 0 Å². The summed E-state index contributed by atoms with van der Waals surface area (Å²) in [4.78, 5) is 10.6. The van der Waals surface area contributed by atoms with Gasteiger partial charge in [0.25, 0.3) is 5.69 Å². The van der Waals surface area contributed by atoms with E-state index < -0.39 is 4.92 Å². The molecule has 100 valence electrons. The normalized spacial score (nSPS) is 10.8. The van der Waals surface area contributed by atoms with Gasteiger partial charge in [0.2, 0.25) is 0 Å². The van der Waals surface area contributed by atoms with Crippen LogP contribution in [0.3, 0.4) is 0 Å². The predicted octanol–water partition coefficient (Wildman–Crippen LogP) is 2.04. The second kappa shape index (κ2) is 8.36. The summed E-state index contributed by atoms with van der Waals surface area (Å²) in [6, 6.07) is 6.58. The molecule has 18 heavy (non-hydrogen) atoms. The maximum Gasteiger partial charge on any atom is 0.274 e. The lowest BCUT2D eigenvalue weighted by atomic mass is 10.2. The second-order valence-electron chi connectivity index (χ2n) is 3.34. The molecule has 0 aliphatic heterocycles. The quantitative estimate of drug-likeness (QED) is 0.433. The number of benzene rings is 1. The van der Waals surface area contributed by atoms with E-state index in [4.69, 9.17) is 10.2 Å². The van der Waals surface area contributed by atoms with Crippen LogP contribution in [0.4, 0.5) is 5.69 Å². The van der Waals surface area contributed by atoms with E-state index in [1.807, 2.05) is 0 Å². The summed E-state index contributed by atoms with van der Waals surface area (Å²) in [7, 11) is 0. The Morgan fingerprint density at radius 1 is 1.17 bits per heavy atom. The SMILES string of the molecule is O=[N+]([O-])c1ccccc1C(SCCO)SCCO. The highest BCUT2D eigenvalue weighted by atomic mass is 32.2. The van der Waals surface area contributed by atoms with Crippen LogP contribution in [0.15, 0.2) is 24.3 Å². The molecule has 0 spiro atoms.